The third kappa shape index (κ3) is 5.28. The van der Waals surface area contributed by atoms with Crippen molar-refractivity contribution in [1.29, 1.82) is 0 Å². The van der Waals surface area contributed by atoms with Crippen molar-refractivity contribution in [1.82, 2.24) is 4.90 Å². The number of rotatable bonds is 6. The monoisotopic (exact) mass is 296 g/mol. The van der Waals surface area contributed by atoms with E-state index in [1.807, 2.05) is 4.90 Å². The van der Waals surface area contributed by atoms with Crippen molar-refractivity contribution in [2.75, 3.05) is 19.6 Å². The summed E-state index contributed by atoms with van der Waals surface area (Å²) in [7, 11) is 0. The molecule has 0 radical (unpaired) electrons. The number of halogens is 3. The second-order valence-electron chi connectivity index (χ2n) is 5.86. The topological polar surface area (TPSA) is 66.6 Å². The van der Waals surface area contributed by atoms with E-state index >= 15 is 0 Å². The van der Waals surface area contributed by atoms with E-state index < -0.39 is 23.6 Å². The van der Waals surface area contributed by atoms with Crippen molar-refractivity contribution < 1.29 is 23.1 Å². The quantitative estimate of drug-likeness (QED) is 0.738. The van der Waals surface area contributed by atoms with Gasteiger partial charge in [0.05, 0.1) is 5.92 Å². The molecule has 0 bridgehead atoms. The number of alkyl halides is 3. The van der Waals surface area contributed by atoms with Crippen LogP contribution >= 0.6 is 0 Å². The average Bonchev–Trinajstić information content (AvgIpc) is 2.34. The van der Waals surface area contributed by atoms with E-state index in [2.05, 4.69) is 0 Å². The molecule has 1 saturated heterocycles. The van der Waals surface area contributed by atoms with Gasteiger partial charge in [-0.3, -0.25) is 4.79 Å². The predicted octanol–water partition coefficient (Wildman–Crippen LogP) is 2.23. The number of piperidine rings is 1. The fourth-order valence-electron chi connectivity index (χ4n) is 2.46. The molecule has 0 amide bonds. The first-order chi connectivity index (χ1) is 9.13. The van der Waals surface area contributed by atoms with Crippen LogP contribution in [0.15, 0.2) is 0 Å². The fourth-order valence-corrected chi connectivity index (χ4v) is 2.46. The average molecular weight is 296 g/mol. The number of unbranched alkanes of at least 4 members (excludes halogenated alkanes) is 1. The molecule has 0 aromatic carbocycles. The lowest BCUT2D eigenvalue weighted by atomic mass is 9.95. The molecular weight excluding hydrogens is 273 g/mol. The molecule has 2 unspecified atom stereocenters. The standard InChI is InChI=1S/C13H23F3N2O2/c1-12(17,11(19)20)6-2-3-7-18-8-4-5-10(9-18)13(14,15)16/h10H,2-9,17H2,1H3,(H,19,20). The van der Waals surface area contributed by atoms with Crippen LogP contribution in [-0.4, -0.2) is 47.3 Å². The van der Waals surface area contributed by atoms with Crippen LogP contribution in [0.4, 0.5) is 13.2 Å². The molecule has 7 heteroatoms. The number of nitrogens with two attached hydrogens (primary N) is 1. The summed E-state index contributed by atoms with van der Waals surface area (Å²) >= 11 is 0. The Labute approximate surface area is 117 Å². The fraction of sp³-hybridized carbons (Fsp3) is 0.923. The van der Waals surface area contributed by atoms with Gasteiger partial charge in [-0.1, -0.05) is 0 Å². The number of carbonyl (C=O) groups is 1. The first-order valence-electron chi connectivity index (χ1n) is 6.94. The largest absolute Gasteiger partial charge is 0.480 e. The molecule has 1 aliphatic heterocycles. The first-order valence-corrected chi connectivity index (χ1v) is 6.94. The van der Waals surface area contributed by atoms with Crippen LogP contribution in [0, 0.1) is 5.92 Å². The Bertz CT molecular complexity index is 332. The maximum absolute atomic E-state index is 12.6. The normalized spacial score (nSPS) is 24.4. The van der Waals surface area contributed by atoms with Gasteiger partial charge in [-0.2, -0.15) is 13.2 Å². The Balaban J connectivity index is 2.27. The molecule has 0 saturated carbocycles. The summed E-state index contributed by atoms with van der Waals surface area (Å²) in [5, 5.41) is 8.85. The summed E-state index contributed by atoms with van der Waals surface area (Å²) in [5.41, 5.74) is 4.34. The number of aliphatic carboxylic acids is 1. The highest BCUT2D eigenvalue weighted by molar-refractivity contribution is 5.77. The Morgan fingerprint density at radius 2 is 2.05 bits per heavy atom. The van der Waals surface area contributed by atoms with Crippen molar-refractivity contribution in [2.24, 2.45) is 11.7 Å². The van der Waals surface area contributed by atoms with Gasteiger partial charge >= 0.3 is 12.1 Å². The van der Waals surface area contributed by atoms with E-state index in [1.165, 1.54) is 6.92 Å². The van der Waals surface area contributed by atoms with E-state index in [-0.39, 0.29) is 13.0 Å². The van der Waals surface area contributed by atoms with Crippen LogP contribution in [0.5, 0.6) is 0 Å². The molecule has 118 valence electrons. The van der Waals surface area contributed by atoms with Gasteiger partial charge in [-0.15, -0.1) is 0 Å². The smallest absolute Gasteiger partial charge is 0.393 e. The number of nitrogens with zero attached hydrogens (tertiary/aromatic N) is 1. The molecule has 1 aliphatic rings. The van der Waals surface area contributed by atoms with Crippen molar-refractivity contribution in [3.8, 4) is 0 Å². The zero-order valence-corrected chi connectivity index (χ0v) is 11.7. The highest BCUT2D eigenvalue weighted by atomic mass is 19.4. The van der Waals surface area contributed by atoms with Crippen molar-refractivity contribution in [2.45, 2.75) is 50.7 Å². The third-order valence-corrected chi connectivity index (χ3v) is 3.88. The second-order valence-corrected chi connectivity index (χ2v) is 5.86. The number of hydrogen-bond donors (Lipinski definition) is 2. The lowest BCUT2D eigenvalue weighted by molar-refractivity contribution is -0.186. The lowest BCUT2D eigenvalue weighted by Gasteiger charge is -2.33. The van der Waals surface area contributed by atoms with Crippen LogP contribution < -0.4 is 5.73 Å². The molecule has 20 heavy (non-hydrogen) atoms. The maximum Gasteiger partial charge on any atom is 0.393 e. The minimum Gasteiger partial charge on any atom is -0.480 e. The van der Waals surface area contributed by atoms with Gasteiger partial charge in [-0.25, -0.2) is 0 Å². The molecule has 0 aliphatic carbocycles. The number of likely N-dealkylation sites (tertiary alicyclic amines) is 1. The summed E-state index contributed by atoms with van der Waals surface area (Å²) in [6.45, 7) is 2.77. The van der Waals surface area contributed by atoms with Gasteiger partial charge in [0.25, 0.3) is 0 Å². The van der Waals surface area contributed by atoms with Crippen LogP contribution in [-0.2, 0) is 4.79 Å². The Hall–Kier alpha value is -0.820. The lowest BCUT2D eigenvalue weighted by Crippen LogP contribution is -2.45. The Morgan fingerprint density at radius 3 is 2.60 bits per heavy atom. The van der Waals surface area contributed by atoms with Crippen LogP contribution in [0.25, 0.3) is 0 Å². The van der Waals surface area contributed by atoms with E-state index in [0.29, 0.717) is 38.8 Å². The van der Waals surface area contributed by atoms with Gasteiger partial charge in [0.1, 0.15) is 5.54 Å². The molecule has 0 spiro atoms. The first kappa shape index (κ1) is 17.2. The zero-order valence-electron chi connectivity index (χ0n) is 11.7. The summed E-state index contributed by atoms with van der Waals surface area (Å²) in [5.74, 6) is -2.28. The molecule has 4 nitrogen and oxygen atoms in total. The summed E-state index contributed by atoms with van der Waals surface area (Å²) in [6, 6.07) is 0. The van der Waals surface area contributed by atoms with Crippen molar-refractivity contribution in [3.05, 3.63) is 0 Å². The minimum absolute atomic E-state index is 0.0579. The van der Waals surface area contributed by atoms with Crippen LogP contribution in [0.1, 0.15) is 39.0 Å². The zero-order chi connectivity index (χ0) is 15.4. The van der Waals surface area contributed by atoms with E-state index in [0.717, 1.165) is 0 Å². The minimum atomic E-state index is -4.11. The molecular formula is C13H23F3N2O2. The number of carboxylic acid groups (broad SMARTS) is 1. The SMILES string of the molecule is CC(N)(CCCCN1CCCC(C(F)(F)F)C1)C(=O)O. The third-order valence-electron chi connectivity index (χ3n) is 3.88. The molecule has 1 rings (SSSR count). The highest BCUT2D eigenvalue weighted by Crippen LogP contribution is 2.33. The van der Waals surface area contributed by atoms with Crippen molar-refractivity contribution in [3.63, 3.8) is 0 Å². The summed E-state index contributed by atoms with van der Waals surface area (Å²) in [6.07, 6.45) is -1.73. The number of hydrogen-bond acceptors (Lipinski definition) is 3. The molecule has 0 aromatic rings. The number of carboxylic acids is 1. The maximum atomic E-state index is 12.6. The molecule has 2 atom stereocenters. The van der Waals surface area contributed by atoms with Gasteiger partial charge in [0, 0.05) is 6.54 Å². The van der Waals surface area contributed by atoms with Crippen molar-refractivity contribution >= 4 is 5.97 Å². The Morgan fingerprint density at radius 1 is 1.40 bits per heavy atom. The molecule has 3 N–H and O–H groups in total. The second kappa shape index (κ2) is 6.76. The van der Waals surface area contributed by atoms with Crippen LogP contribution in [0.3, 0.4) is 0 Å². The van der Waals surface area contributed by atoms with E-state index in [9.17, 15) is 18.0 Å². The van der Waals surface area contributed by atoms with Gasteiger partial charge < -0.3 is 15.7 Å². The molecule has 1 heterocycles. The van der Waals surface area contributed by atoms with Crippen LogP contribution in [0.2, 0.25) is 0 Å². The summed E-state index contributed by atoms with van der Waals surface area (Å²) in [4.78, 5) is 12.6. The van der Waals surface area contributed by atoms with Gasteiger partial charge in [-0.05, 0) is 52.1 Å². The van der Waals surface area contributed by atoms with E-state index in [4.69, 9.17) is 10.8 Å². The molecule has 0 aromatic heterocycles. The molecule has 1 fully saturated rings. The summed E-state index contributed by atoms with van der Waals surface area (Å²) < 4.78 is 37.9. The Kier molecular flexibility index (Phi) is 5.82. The highest BCUT2D eigenvalue weighted by Gasteiger charge is 2.41. The van der Waals surface area contributed by atoms with Gasteiger partial charge in [0.2, 0.25) is 0 Å². The predicted molar refractivity (Wildman–Crippen MR) is 69.3 cm³/mol. The van der Waals surface area contributed by atoms with Gasteiger partial charge in [0.15, 0.2) is 0 Å². The van der Waals surface area contributed by atoms with E-state index in [1.54, 1.807) is 0 Å².